The Bertz CT molecular complexity index is 1020. The highest BCUT2D eigenvalue weighted by Crippen LogP contribution is 2.33. The zero-order chi connectivity index (χ0) is 21.5. The van der Waals surface area contributed by atoms with Gasteiger partial charge in [-0.15, -0.1) is 11.3 Å². The fourth-order valence-corrected chi connectivity index (χ4v) is 3.65. The fourth-order valence-electron chi connectivity index (χ4n) is 2.86. The van der Waals surface area contributed by atoms with Crippen LogP contribution in [0.1, 0.15) is 17.4 Å². The van der Waals surface area contributed by atoms with E-state index >= 15 is 0 Å². The first-order valence-corrected chi connectivity index (χ1v) is 10.2. The lowest BCUT2D eigenvalue weighted by molar-refractivity contribution is -0.121. The summed E-state index contributed by atoms with van der Waals surface area (Å²) in [7, 11) is 3.12. The Morgan fingerprint density at radius 1 is 1.03 bits per heavy atom. The number of para-hydroxylation sites is 1. The summed E-state index contributed by atoms with van der Waals surface area (Å²) < 4.78 is 15.7. The van der Waals surface area contributed by atoms with Crippen LogP contribution in [0.25, 0.3) is 10.6 Å². The Hall–Kier alpha value is -3.39. The SMILES string of the molecule is CCN(C(=O)COC(=O)c1csc(-c2ccc(OC)c(OC)c2)n1)c1ccccc1. The Labute approximate surface area is 178 Å². The van der Waals surface area contributed by atoms with Crippen LogP contribution in [-0.4, -0.2) is 44.2 Å². The highest BCUT2D eigenvalue weighted by atomic mass is 32.1. The van der Waals surface area contributed by atoms with Crippen molar-refractivity contribution in [1.82, 2.24) is 4.98 Å². The number of rotatable bonds is 8. The Morgan fingerprint density at radius 2 is 1.77 bits per heavy atom. The zero-order valence-electron chi connectivity index (χ0n) is 17.0. The molecule has 0 aliphatic rings. The smallest absolute Gasteiger partial charge is 0.358 e. The van der Waals surface area contributed by atoms with Gasteiger partial charge in [0.2, 0.25) is 0 Å². The van der Waals surface area contributed by atoms with Gasteiger partial charge in [0.15, 0.2) is 23.8 Å². The van der Waals surface area contributed by atoms with Crippen molar-refractivity contribution in [2.24, 2.45) is 0 Å². The predicted molar refractivity (Wildman–Crippen MR) is 115 cm³/mol. The van der Waals surface area contributed by atoms with Gasteiger partial charge in [-0.3, -0.25) is 4.79 Å². The molecule has 0 saturated heterocycles. The van der Waals surface area contributed by atoms with Crippen LogP contribution in [0.2, 0.25) is 0 Å². The second kappa shape index (κ2) is 9.89. The van der Waals surface area contributed by atoms with E-state index in [2.05, 4.69) is 4.98 Å². The van der Waals surface area contributed by atoms with Crippen LogP contribution in [0.4, 0.5) is 5.69 Å². The van der Waals surface area contributed by atoms with Crippen molar-refractivity contribution < 1.29 is 23.8 Å². The van der Waals surface area contributed by atoms with Gasteiger partial charge >= 0.3 is 5.97 Å². The van der Waals surface area contributed by atoms with E-state index in [-0.39, 0.29) is 18.2 Å². The number of likely N-dealkylation sites (N-methyl/N-ethyl adjacent to an activating group) is 1. The normalized spacial score (nSPS) is 10.4. The lowest BCUT2D eigenvalue weighted by Crippen LogP contribution is -2.34. The molecule has 0 N–H and O–H groups in total. The third kappa shape index (κ3) is 4.77. The molecule has 1 heterocycles. The highest BCUT2D eigenvalue weighted by molar-refractivity contribution is 7.13. The van der Waals surface area contributed by atoms with Crippen molar-refractivity contribution >= 4 is 28.9 Å². The van der Waals surface area contributed by atoms with Gasteiger partial charge < -0.3 is 19.1 Å². The maximum Gasteiger partial charge on any atom is 0.358 e. The summed E-state index contributed by atoms with van der Waals surface area (Å²) in [6, 6.07) is 14.6. The predicted octanol–water partition coefficient (Wildman–Crippen LogP) is 4.04. The fraction of sp³-hybridized carbons (Fsp3) is 0.227. The lowest BCUT2D eigenvalue weighted by Gasteiger charge is -2.20. The molecule has 3 rings (SSSR count). The number of carbonyl (C=O) groups is 2. The molecule has 0 fully saturated rings. The number of nitrogens with zero attached hydrogens (tertiary/aromatic N) is 2. The van der Waals surface area contributed by atoms with Crippen molar-refractivity contribution in [3.8, 4) is 22.1 Å². The molecular weight excluding hydrogens is 404 g/mol. The Balaban J connectivity index is 1.66. The number of amides is 1. The second-order valence-corrected chi connectivity index (χ2v) is 7.02. The van der Waals surface area contributed by atoms with Crippen LogP contribution >= 0.6 is 11.3 Å². The summed E-state index contributed by atoms with van der Waals surface area (Å²) in [4.78, 5) is 30.7. The summed E-state index contributed by atoms with van der Waals surface area (Å²) in [6.07, 6.45) is 0. The molecule has 30 heavy (non-hydrogen) atoms. The van der Waals surface area contributed by atoms with E-state index in [1.807, 2.05) is 43.3 Å². The first kappa shape index (κ1) is 21.3. The quantitative estimate of drug-likeness (QED) is 0.506. The molecule has 0 saturated carbocycles. The summed E-state index contributed by atoms with van der Waals surface area (Å²) in [5, 5.41) is 2.24. The van der Waals surface area contributed by atoms with Gasteiger partial charge in [0.1, 0.15) is 5.01 Å². The molecule has 0 bridgehead atoms. The third-order valence-corrected chi connectivity index (χ3v) is 5.25. The molecule has 2 aromatic carbocycles. The van der Waals surface area contributed by atoms with Crippen molar-refractivity contribution in [2.45, 2.75) is 6.92 Å². The molecule has 0 aliphatic heterocycles. The van der Waals surface area contributed by atoms with Crippen LogP contribution in [0, 0.1) is 0 Å². The third-order valence-electron chi connectivity index (χ3n) is 4.36. The largest absolute Gasteiger partial charge is 0.493 e. The molecule has 156 valence electrons. The molecule has 1 amide bonds. The number of hydrogen-bond acceptors (Lipinski definition) is 7. The van der Waals surface area contributed by atoms with Gasteiger partial charge in [-0.05, 0) is 37.3 Å². The molecule has 7 nitrogen and oxygen atoms in total. The topological polar surface area (TPSA) is 78.0 Å². The first-order valence-electron chi connectivity index (χ1n) is 9.27. The molecule has 1 aromatic heterocycles. The monoisotopic (exact) mass is 426 g/mol. The lowest BCUT2D eigenvalue weighted by atomic mass is 10.2. The average molecular weight is 426 g/mol. The standard InChI is InChI=1S/C22H22N2O5S/c1-4-24(16-8-6-5-7-9-16)20(25)13-29-22(26)17-14-30-21(23-17)15-10-11-18(27-2)19(12-15)28-3/h5-12,14H,4,13H2,1-3H3. The molecule has 3 aromatic rings. The number of benzene rings is 2. The van der Waals surface area contributed by atoms with Crippen LogP contribution in [0.3, 0.4) is 0 Å². The van der Waals surface area contributed by atoms with Gasteiger partial charge in [0, 0.05) is 23.2 Å². The maximum absolute atomic E-state index is 12.5. The average Bonchev–Trinajstić information content (AvgIpc) is 3.28. The second-order valence-electron chi connectivity index (χ2n) is 6.16. The van der Waals surface area contributed by atoms with Crippen LogP contribution in [0.5, 0.6) is 11.5 Å². The van der Waals surface area contributed by atoms with Crippen molar-refractivity contribution in [2.75, 3.05) is 32.3 Å². The highest BCUT2D eigenvalue weighted by Gasteiger charge is 2.19. The van der Waals surface area contributed by atoms with E-state index in [0.29, 0.717) is 23.1 Å². The molecule has 0 unspecified atom stereocenters. The Kier molecular flexibility index (Phi) is 7.03. The Morgan fingerprint density at radius 3 is 2.43 bits per heavy atom. The number of ether oxygens (including phenoxy) is 3. The molecule has 0 aliphatic carbocycles. The van der Waals surface area contributed by atoms with Crippen molar-refractivity contribution in [1.29, 1.82) is 0 Å². The number of methoxy groups -OCH3 is 2. The molecule has 0 spiro atoms. The maximum atomic E-state index is 12.5. The van der Waals surface area contributed by atoms with Gasteiger partial charge in [0.25, 0.3) is 5.91 Å². The number of carbonyl (C=O) groups excluding carboxylic acids is 2. The van der Waals surface area contributed by atoms with Gasteiger partial charge in [-0.2, -0.15) is 0 Å². The minimum absolute atomic E-state index is 0.153. The van der Waals surface area contributed by atoms with Gasteiger partial charge in [-0.25, -0.2) is 9.78 Å². The zero-order valence-corrected chi connectivity index (χ0v) is 17.8. The number of aromatic nitrogens is 1. The van der Waals surface area contributed by atoms with E-state index in [4.69, 9.17) is 14.2 Å². The minimum atomic E-state index is -0.643. The van der Waals surface area contributed by atoms with Crippen LogP contribution < -0.4 is 14.4 Å². The van der Waals surface area contributed by atoms with E-state index in [1.54, 1.807) is 36.6 Å². The number of hydrogen-bond donors (Lipinski definition) is 0. The molecule has 8 heteroatoms. The van der Waals surface area contributed by atoms with Gasteiger partial charge in [0.05, 0.1) is 14.2 Å². The summed E-state index contributed by atoms with van der Waals surface area (Å²) in [5.41, 5.74) is 1.69. The molecule has 0 atom stereocenters. The first-order chi connectivity index (χ1) is 14.6. The molecule has 0 radical (unpaired) electrons. The summed E-state index contributed by atoms with van der Waals surface area (Å²) in [5.74, 6) is 0.234. The minimum Gasteiger partial charge on any atom is -0.493 e. The summed E-state index contributed by atoms with van der Waals surface area (Å²) in [6.45, 7) is 1.98. The van der Waals surface area contributed by atoms with E-state index < -0.39 is 5.97 Å². The van der Waals surface area contributed by atoms with Crippen molar-refractivity contribution in [3.05, 3.63) is 59.6 Å². The van der Waals surface area contributed by atoms with Crippen LogP contribution in [0.15, 0.2) is 53.9 Å². The number of esters is 1. The molecular formula is C22H22N2O5S. The number of anilines is 1. The van der Waals surface area contributed by atoms with E-state index in [0.717, 1.165) is 11.3 Å². The number of thiazole rings is 1. The van der Waals surface area contributed by atoms with Crippen LogP contribution in [-0.2, 0) is 9.53 Å². The van der Waals surface area contributed by atoms with E-state index in [1.165, 1.54) is 11.3 Å². The van der Waals surface area contributed by atoms with E-state index in [9.17, 15) is 9.59 Å². The van der Waals surface area contributed by atoms with Crippen molar-refractivity contribution in [3.63, 3.8) is 0 Å². The summed E-state index contributed by atoms with van der Waals surface area (Å²) >= 11 is 1.30. The van der Waals surface area contributed by atoms with Gasteiger partial charge in [-0.1, -0.05) is 18.2 Å².